The Morgan fingerprint density at radius 1 is 1.15 bits per heavy atom. The molecule has 3 N–H and O–H groups in total. The van der Waals surface area contributed by atoms with E-state index in [1.165, 1.54) is 17.6 Å². The van der Waals surface area contributed by atoms with E-state index in [1.807, 2.05) is 44.7 Å². The SMILES string of the molecule is CC(C)[C@@H](NC(=O)C(C)(C)C1=CCCCC1)C(=O)N1CC[C@H](c2ccc(Cl)cc2)C(C)(C)C1.O. The zero-order chi connectivity index (χ0) is 24.4. The Balaban J connectivity index is 0.00000408. The Bertz CT molecular complexity index is 889. The number of rotatable bonds is 6. The standard InChI is InChI=1S/C28H41ClN2O2.H2O/c1-19(2)24(30-26(33)28(5,6)21-10-8-7-9-11-21)25(32)31-17-16-23(27(3,4)18-31)20-12-14-22(29)15-13-20;/h10,12-15,19,23-24H,7-9,11,16-18H2,1-6H3,(H,30,33);1H2/t23-,24-;/m1./s1. The minimum atomic E-state index is -0.589. The summed E-state index contributed by atoms with van der Waals surface area (Å²) in [6.45, 7) is 13.8. The molecule has 1 aliphatic carbocycles. The summed E-state index contributed by atoms with van der Waals surface area (Å²) in [5, 5.41) is 3.88. The molecule has 1 aromatic rings. The summed E-state index contributed by atoms with van der Waals surface area (Å²) in [6.07, 6.45) is 7.45. The molecule has 0 aromatic heterocycles. The molecule has 190 valence electrons. The molecule has 5 nitrogen and oxygen atoms in total. The molecule has 3 rings (SSSR count). The zero-order valence-corrected chi connectivity index (χ0v) is 22.5. The van der Waals surface area contributed by atoms with Gasteiger partial charge >= 0.3 is 0 Å². The van der Waals surface area contributed by atoms with Gasteiger partial charge in [-0.05, 0) is 80.9 Å². The van der Waals surface area contributed by atoms with E-state index in [2.05, 4.69) is 37.4 Å². The van der Waals surface area contributed by atoms with Gasteiger partial charge in [-0.15, -0.1) is 0 Å². The van der Waals surface area contributed by atoms with Gasteiger partial charge in [0.15, 0.2) is 0 Å². The summed E-state index contributed by atoms with van der Waals surface area (Å²) in [4.78, 5) is 28.9. The quantitative estimate of drug-likeness (QED) is 0.532. The number of amides is 2. The molecule has 0 radical (unpaired) electrons. The predicted molar refractivity (Wildman–Crippen MR) is 140 cm³/mol. The van der Waals surface area contributed by atoms with Crippen molar-refractivity contribution in [1.29, 1.82) is 0 Å². The molecular weight excluding hydrogens is 448 g/mol. The molecule has 34 heavy (non-hydrogen) atoms. The van der Waals surface area contributed by atoms with Crippen molar-refractivity contribution in [3.8, 4) is 0 Å². The van der Waals surface area contributed by atoms with Crippen molar-refractivity contribution in [1.82, 2.24) is 10.2 Å². The van der Waals surface area contributed by atoms with Crippen LogP contribution in [0.5, 0.6) is 0 Å². The van der Waals surface area contributed by atoms with Crippen LogP contribution < -0.4 is 5.32 Å². The van der Waals surface area contributed by atoms with Gasteiger partial charge in [-0.2, -0.15) is 0 Å². The fraction of sp³-hybridized carbons (Fsp3) is 0.643. The average molecular weight is 491 g/mol. The largest absolute Gasteiger partial charge is 0.412 e. The van der Waals surface area contributed by atoms with E-state index in [1.54, 1.807) is 0 Å². The number of nitrogens with one attached hydrogen (secondary N) is 1. The second-order valence-corrected chi connectivity index (χ2v) is 11.9. The highest BCUT2D eigenvalue weighted by molar-refractivity contribution is 6.30. The third-order valence-electron chi connectivity index (χ3n) is 7.69. The highest BCUT2D eigenvalue weighted by atomic mass is 35.5. The fourth-order valence-corrected chi connectivity index (χ4v) is 5.57. The van der Waals surface area contributed by atoms with E-state index < -0.39 is 11.5 Å². The monoisotopic (exact) mass is 490 g/mol. The molecule has 6 heteroatoms. The number of hydrogen-bond acceptors (Lipinski definition) is 2. The van der Waals surface area contributed by atoms with E-state index in [0.717, 1.165) is 30.7 Å². The summed E-state index contributed by atoms with van der Waals surface area (Å²) in [5.74, 6) is 0.380. The van der Waals surface area contributed by atoms with Gasteiger partial charge in [0.05, 0.1) is 5.41 Å². The zero-order valence-electron chi connectivity index (χ0n) is 21.7. The third-order valence-corrected chi connectivity index (χ3v) is 7.95. The Kier molecular flexibility index (Phi) is 9.40. The number of hydrogen-bond donors (Lipinski definition) is 1. The summed E-state index contributed by atoms with van der Waals surface area (Å²) in [6, 6.07) is 7.58. The van der Waals surface area contributed by atoms with Crippen molar-refractivity contribution < 1.29 is 15.1 Å². The van der Waals surface area contributed by atoms with Crippen LogP contribution in [0.15, 0.2) is 35.9 Å². The van der Waals surface area contributed by atoms with Crippen molar-refractivity contribution in [3.63, 3.8) is 0 Å². The van der Waals surface area contributed by atoms with Gasteiger partial charge in [0.2, 0.25) is 11.8 Å². The Morgan fingerprint density at radius 2 is 1.79 bits per heavy atom. The molecule has 1 aromatic carbocycles. The third kappa shape index (κ3) is 6.23. The highest BCUT2D eigenvalue weighted by Crippen LogP contribution is 2.42. The van der Waals surface area contributed by atoms with Crippen molar-refractivity contribution in [2.24, 2.45) is 16.7 Å². The fourth-order valence-electron chi connectivity index (χ4n) is 5.44. The van der Waals surface area contributed by atoms with Gasteiger partial charge in [-0.3, -0.25) is 9.59 Å². The number of halogens is 1. The van der Waals surface area contributed by atoms with Crippen LogP contribution >= 0.6 is 11.6 Å². The maximum Gasteiger partial charge on any atom is 0.245 e. The number of carbonyl (C=O) groups is 2. The summed E-state index contributed by atoms with van der Waals surface area (Å²) in [7, 11) is 0. The van der Waals surface area contributed by atoms with Gasteiger partial charge in [-0.1, -0.05) is 63.1 Å². The molecule has 1 saturated heterocycles. The minimum Gasteiger partial charge on any atom is -0.412 e. The van der Waals surface area contributed by atoms with Crippen LogP contribution in [0.1, 0.15) is 85.1 Å². The van der Waals surface area contributed by atoms with Gasteiger partial charge < -0.3 is 15.7 Å². The lowest BCUT2D eigenvalue weighted by molar-refractivity contribution is -0.142. The summed E-state index contributed by atoms with van der Waals surface area (Å²) in [5.41, 5.74) is 1.81. The van der Waals surface area contributed by atoms with Crippen LogP contribution in [-0.2, 0) is 9.59 Å². The lowest BCUT2D eigenvalue weighted by atomic mass is 9.70. The predicted octanol–water partition coefficient (Wildman–Crippen LogP) is 5.52. The first-order chi connectivity index (χ1) is 15.4. The van der Waals surface area contributed by atoms with Crippen molar-refractivity contribution in [2.45, 2.75) is 85.6 Å². The van der Waals surface area contributed by atoms with Crippen molar-refractivity contribution in [3.05, 3.63) is 46.5 Å². The maximum absolute atomic E-state index is 13.6. The molecule has 0 bridgehead atoms. The number of benzene rings is 1. The Hall–Kier alpha value is -1.85. The minimum absolute atomic E-state index is 0. The van der Waals surface area contributed by atoms with Gasteiger partial charge in [0.1, 0.15) is 6.04 Å². The van der Waals surface area contributed by atoms with Gasteiger partial charge in [0.25, 0.3) is 0 Å². The molecule has 1 fully saturated rings. The smallest absolute Gasteiger partial charge is 0.245 e. The molecule has 0 unspecified atom stereocenters. The van der Waals surface area contributed by atoms with Crippen molar-refractivity contribution in [2.75, 3.05) is 13.1 Å². The van der Waals surface area contributed by atoms with E-state index in [0.29, 0.717) is 19.0 Å². The topological polar surface area (TPSA) is 80.9 Å². The Labute approximate surface area is 210 Å². The van der Waals surface area contributed by atoms with Crippen LogP contribution in [0.3, 0.4) is 0 Å². The molecule has 2 atom stereocenters. The van der Waals surface area contributed by atoms with Gasteiger partial charge in [0, 0.05) is 18.1 Å². The average Bonchev–Trinajstić information content (AvgIpc) is 2.77. The van der Waals surface area contributed by atoms with E-state index in [-0.39, 0.29) is 28.6 Å². The maximum atomic E-state index is 13.6. The van der Waals surface area contributed by atoms with Crippen LogP contribution in [0.2, 0.25) is 5.02 Å². The second-order valence-electron chi connectivity index (χ2n) is 11.4. The number of nitrogens with zero attached hydrogens (tertiary/aromatic N) is 1. The lowest BCUT2D eigenvalue weighted by Gasteiger charge is -2.46. The van der Waals surface area contributed by atoms with E-state index in [4.69, 9.17) is 11.6 Å². The van der Waals surface area contributed by atoms with Crippen molar-refractivity contribution >= 4 is 23.4 Å². The molecule has 2 aliphatic rings. The molecule has 0 saturated carbocycles. The summed E-state index contributed by atoms with van der Waals surface area (Å²) >= 11 is 6.08. The first-order valence-corrected chi connectivity index (χ1v) is 12.9. The number of allylic oxidation sites excluding steroid dienone is 1. The van der Waals surface area contributed by atoms with Crippen LogP contribution in [-0.4, -0.2) is 41.3 Å². The number of piperidine rings is 1. The molecule has 0 spiro atoms. The molecular formula is C28H43ClN2O3. The second kappa shape index (κ2) is 11.3. The lowest BCUT2D eigenvalue weighted by Crippen LogP contribution is -2.57. The van der Waals surface area contributed by atoms with E-state index in [9.17, 15) is 9.59 Å². The highest BCUT2D eigenvalue weighted by Gasteiger charge is 2.42. The number of likely N-dealkylation sites (tertiary alicyclic amines) is 1. The number of carbonyl (C=O) groups excluding carboxylic acids is 2. The first-order valence-electron chi connectivity index (χ1n) is 12.5. The van der Waals surface area contributed by atoms with Gasteiger partial charge in [-0.25, -0.2) is 0 Å². The molecule has 2 amide bonds. The molecule has 1 aliphatic heterocycles. The Morgan fingerprint density at radius 3 is 2.32 bits per heavy atom. The van der Waals surface area contributed by atoms with E-state index >= 15 is 0 Å². The van der Waals surface area contributed by atoms with Crippen LogP contribution in [0.25, 0.3) is 0 Å². The summed E-state index contributed by atoms with van der Waals surface area (Å²) < 4.78 is 0. The van der Waals surface area contributed by atoms with Crippen LogP contribution in [0, 0.1) is 16.7 Å². The van der Waals surface area contributed by atoms with Crippen LogP contribution in [0.4, 0.5) is 0 Å². The molecule has 1 heterocycles. The first kappa shape index (κ1) is 28.4. The normalized spacial score (nSPS) is 21.4.